The first-order valence-electron chi connectivity index (χ1n) is 14.4. The van der Waals surface area contributed by atoms with Crippen molar-refractivity contribution in [3.8, 4) is 5.75 Å². The number of para-hydroxylation sites is 1. The molecule has 8 nitrogen and oxygen atoms in total. The van der Waals surface area contributed by atoms with Crippen LogP contribution in [0.1, 0.15) is 56.2 Å². The van der Waals surface area contributed by atoms with Gasteiger partial charge in [-0.1, -0.05) is 37.3 Å². The molecule has 1 unspecified atom stereocenters. The van der Waals surface area contributed by atoms with Gasteiger partial charge in [0.2, 0.25) is 0 Å². The number of allylic oxidation sites excluding steroid dienone is 3. The number of nitrogens with one attached hydrogen (secondary N) is 4. The van der Waals surface area contributed by atoms with Crippen LogP contribution in [0.4, 0.5) is 5.69 Å². The van der Waals surface area contributed by atoms with E-state index in [0.717, 1.165) is 61.2 Å². The van der Waals surface area contributed by atoms with Crippen LogP contribution < -0.4 is 21.1 Å². The minimum Gasteiger partial charge on any atom is -0.494 e. The van der Waals surface area contributed by atoms with Crippen LogP contribution in [-0.4, -0.2) is 48.2 Å². The molecule has 8 heteroatoms. The van der Waals surface area contributed by atoms with Crippen LogP contribution in [0.2, 0.25) is 0 Å². The fourth-order valence-electron chi connectivity index (χ4n) is 5.96. The SMILES string of the molecule is CNC(C(=N)/C(=C\C(=N)N)Nc1cccc(C2=CN(C3CC(C(C)c4ccccn4)C3)CC=C2)c1OC)=C1CCC1. The average molecular weight is 552 g/mol. The monoisotopic (exact) mass is 551 g/mol. The first kappa shape index (κ1) is 28.2. The van der Waals surface area contributed by atoms with Gasteiger partial charge in [0.15, 0.2) is 0 Å². The zero-order valence-electron chi connectivity index (χ0n) is 24.2. The maximum atomic E-state index is 8.92. The average Bonchev–Trinajstić information content (AvgIpc) is 2.93. The summed E-state index contributed by atoms with van der Waals surface area (Å²) in [4.78, 5) is 7.02. The largest absolute Gasteiger partial charge is 0.494 e. The lowest BCUT2D eigenvalue weighted by molar-refractivity contribution is 0.111. The molecule has 2 aliphatic carbocycles. The summed E-state index contributed by atoms with van der Waals surface area (Å²) in [7, 11) is 3.50. The molecule has 2 aromatic rings. The number of amidine groups is 1. The Labute approximate surface area is 243 Å². The van der Waals surface area contributed by atoms with E-state index < -0.39 is 0 Å². The van der Waals surface area contributed by atoms with Crippen molar-refractivity contribution in [1.29, 1.82) is 10.8 Å². The molecule has 0 saturated heterocycles. The van der Waals surface area contributed by atoms with Gasteiger partial charge in [-0.3, -0.25) is 15.8 Å². The second-order valence-corrected chi connectivity index (χ2v) is 11.1. The molecule has 0 amide bonds. The van der Waals surface area contributed by atoms with Gasteiger partial charge in [-0.2, -0.15) is 0 Å². The van der Waals surface area contributed by atoms with E-state index in [-0.39, 0.29) is 11.5 Å². The Hall–Kier alpha value is -4.33. The van der Waals surface area contributed by atoms with Crippen molar-refractivity contribution in [1.82, 2.24) is 15.2 Å². The van der Waals surface area contributed by atoms with Crippen molar-refractivity contribution in [3.63, 3.8) is 0 Å². The molecule has 5 rings (SSSR count). The van der Waals surface area contributed by atoms with Crippen LogP contribution in [0.25, 0.3) is 5.57 Å². The van der Waals surface area contributed by atoms with Crippen molar-refractivity contribution in [2.75, 3.05) is 26.0 Å². The summed E-state index contributed by atoms with van der Waals surface area (Å²) in [5.74, 6) is 1.66. The van der Waals surface area contributed by atoms with Crippen LogP contribution >= 0.6 is 0 Å². The summed E-state index contributed by atoms with van der Waals surface area (Å²) in [6.45, 7) is 3.18. The van der Waals surface area contributed by atoms with Crippen molar-refractivity contribution in [2.45, 2.75) is 51.0 Å². The van der Waals surface area contributed by atoms with Gasteiger partial charge in [0.05, 0.1) is 24.2 Å². The van der Waals surface area contributed by atoms with Gasteiger partial charge in [0, 0.05) is 60.9 Å². The maximum absolute atomic E-state index is 8.92. The Bertz CT molecular complexity index is 1410. The fourth-order valence-corrected chi connectivity index (χ4v) is 5.96. The topological polar surface area (TPSA) is 123 Å². The predicted octanol–water partition coefficient (Wildman–Crippen LogP) is 5.79. The normalized spacial score (nSPS) is 20.8. The quantitative estimate of drug-likeness (QED) is 0.178. The molecule has 2 saturated carbocycles. The molecule has 1 aromatic heterocycles. The molecule has 0 spiro atoms. The van der Waals surface area contributed by atoms with E-state index in [1.165, 1.54) is 17.3 Å². The molecule has 1 atom stereocenters. The van der Waals surface area contributed by atoms with E-state index in [4.69, 9.17) is 21.3 Å². The minimum atomic E-state index is -0.119. The number of anilines is 1. The summed E-state index contributed by atoms with van der Waals surface area (Å²) >= 11 is 0. The van der Waals surface area contributed by atoms with E-state index in [1.807, 2.05) is 31.4 Å². The molecule has 0 radical (unpaired) electrons. The van der Waals surface area contributed by atoms with E-state index in [9.17, 15) is 0 Å². The van der Waals surface area contributed by atoms with E-state index in [2.05, 4.69) is 64.0 Å². The van der Waals surface area contributed by atoms with Gasteiger partial charge < -0.3 is 26.0 Å². The van der Waals surface area contributed by atoms with Crippen molar-refractivity contribution in [2.24, 2.45) is 11.7 Å². The molecular weight excluding hydrogens is 510 g/mol. The number of hydrogen-bond donors (Lipinski definition) is 5. The van der Waals surface area contributed by atoms with Gasteiger partial charge in [-0.15, -0.1) is 0 Å². The molecule has 1 aliphatic heterocycles. The zero-order valence-corrected chi connectivity index (χ0v) is 24.2. The Morgan fingerprint density at radius 1 is 1.17 bits per heavy atom. The fraction of sp³-hybridized carbons (Fsp3) is 0.364. The van der Waals surface area contributed by atoms with Gasteiger partial charge in [0.25, 0.3) is 0 Å². The standard InChI is InChI=1S/C33H41N7O/c1-21(27-13-4-5-15-38-27)24-17-25(18-24)40-16-8-11-23(20-40)26-12-7-14-28(33(26)41-3)39-29(19-30(34)35)31(36)32(37-2)22-9-6-10-22/h4-5,7-8,11-15,19-21,24-25,36-37,39H,6,9-10,16-18H2,1-3H3,(H3,34,35)/b29-19+,36-31?. The van der Waals surface area contributed by atoms with Crippen LogP contribution in [0.3, 0.4) is 0 Å². The number of methoxy groups -OCH3 is 1. The van der Waals surface area contributed by atoms with Gasteiger partial charge >= 0.3 is 0 Å². The lowest BCUT2D eigenvalue weighted by atomic mass is 9.71. The molecular formula is C33H41N7O. The van der Waals surface area contributed by atoms with Gasteiger partial charge in [-0.25, -0.2) is 0 Å². The Morgan fingerprint density at radius 2 is 1.98 bits per heavy atom. The third-order valence-electron chi connectivity index (χ3n) is 8.58. The molecule has 41 heavy (non-hydrogen) atoms. The number of hydrogen-bond acceptors (Lipinski definition) is 7. The third-order valence-corrected chi connectivity index (χ3v) is 8.58. The van der Waals surface area contributed by atoms with Crippen LogP contribution in [0.5, 0.6) is 5.75 Å². The number of aromatic nitrogens is 1. The number of nitrogens with two attached hydrogens (primary N) is 1. The highest BCUT2D eigenvalue weighted by molar-refractivity contribution is 6.15. The molecule has 2 fully saturated rings. The van der Waals surface area contributed by atoms with Gasteiger partial charge in [0.1, 0.15) is 17.3 Å². The molecule has 214 valence electrons. The van der Waals surface area contributed by atoms with Crippen LogP contribution in [-0.2, 0) is 0 Å². The number of pyridine rings is 1. The number of benzene rings is 1. The Kier molecular flexibility index (Phi) is 8.57. The van der Waals surface area contributed by atoms with Crippen molar-refractivity contribution in [3.05, 3.63) is 95.2 Å². The summed E-state index contributed by atoms with van der Waals surface area (Å²) in [5, 5.41) is 23.4. The molecule has 6 N–H and O–H groups in total. The Balaban J connectivity index is 1.35. The highest BCUT2D eigenvalue weighted by Crippen LogP contribution is 2.43. The number of nitrogens with zero attached hydrogens (tertiary/aromatic N) is 2. The minimum absolute atomic E-state index is 0.119. The van der Waals surface area contributed by atoms with Crippen LogP contribution in [0, 0.1) is 16.7 Å². The highest BCUT2D eigenvalue weighted by Gasteiger charge is 2.37. The van der Waals surface area contributed by atoms with Gasteiger partial charge in [-0.05, 0) is 61.8 Å². The lowest BCUT2D eigenvalue weighted by Gasteiger charge is -2.45. The van der Waals surface area contributed by atoms with Crippen molar-refractivity contribution < 1.29 is 4.74 Å². The van der Waals surface area contributed by atoms with E-state index in [0.29, 0.717) is 29.3 Å². The summed E-state index contributed by atoms with van der Waals surface area (Å²) in [6.07, 6.45) is 15.4. The lowest BCUT2D eigenvalue weighted by Crippen LogP contribution is -2.44. The third kappa shape index (κ3) is 6.06. The molecule has 3 aliphatic rings. The van der Waals surface area contributed by atoms with Crippen LogP contribution in [0.15, 0.2) is 84.0 Å². The molecule has 0 bridgehead atoms. The predicted molar refractivity (Wildman–Crippen MR) is 167 cm³/mol. The molecule has 2 heterocycles. The van der Waals surface area contributed by atoms with E-state index >= 15 is 0 Å². The maximum Gasteiger partial charge on any atom is 0.150 e. The molecule has 1 aromatic carbocycles. The van der Waals surface area contributed by atoms with Crippen molar-refractivity contribution >= 4 is 22.8 Å². The number of ether oxygens (including phenoxy) is 1. The Morgan fingerprint density at radius 3 is 2.61 bits per heavy atom. The first-order chi connectivity index (χ1) is 19.9. The summed E-state index contributed by atoms with van der Waals surface area (Å²) in [6, 6.07) is 12.7. The second kappa shape index (κ2) is 12.5. The van der Waals surface area contributed by atoms with E-state index in [1.54, 1.807) is 7.11 Å². The zero-order chi connectivity index (χ0) is 28.9. The highest BCUT2D eigenvalue weighted by atomic mass is 16.5. The summed E-state index contributed by atoms with van der Waals surface area (Å²) in [5.41, 5.74) is 12.5. The summed E-state index contributed by atoms with van der Waals surface area (Å²) < 4.78 is 5.94. The number of rotatable bonds is 11. The smallest absolute Gasteiger partial charge is 0.150 e. The first-order valence-corrected chi connectivity index (χ1v) is 14.4. The second-order valence-electron chi connectivity index (χ2n) is 11.1.